The molecule has 1 aromatic rings. The molecular formula is C17H25N3O. The van der Waals surface area contributed by atoms with Gasteiger partial charge in [0.15, 0.2) is 0 Å². The maximum absolute atomic E-state index is 12.8. The van der Waals surface area contributed by atoms with E-state index in [1.165, 1.54) is 12.0 Å². The van der Waals surface area contributed by atoms with Gasteiger partial charge in [0.25, 0.3) is 0 Å². The van der Waals surface area contributed by atoms with Crippen molar-refractivity contribution in [2.24, 2.45) is 5.92 Å². The van der Waals surface area contributed by atoms with E-state index < -0.39 is 0 Å². The number of carbonyl (C=O) groups excluding carboxylic acids is 1. The van der Waals surface area contributed by atoms with Gasteiger partial charge in [-0.05, 0) is 51.0 Å². The molecule has 2 heterocycles. The summed E-state index contributed by atoms with van der Waals surface area (Å²) in [5, 5.41) is 4.38. The van der Waals surface area contributed by atoms with E-state index in [2.05, 4.69) is 35.3 Å². The van der Waals surface area contributed by atoms with Gasteiger partial charge in [0.2, 0.25) is 5.91 Å². The summed E-state index contributed by atoms with van der Waals surface area (Å²) >= 11 is 0. The topological polar surface area (TPSA) is 38.1 Å². The summed E-state index contributed by atoms with van der Waals surface area (Å²) < 4.78 is 1.99. The maximum Gasteiger partial charge on any atom is 0.226 e. The molecule has 4 nitrogen and oxygen atoms in total. The van der Waals surface area contributed by atoms with Crippen LogP contribution in [0.25, 0.3) is 0 Å². The SMILES string of the molecule is Cc1cnn(C[C@@H]2CCCCN2C(=O)[C@@H]2CC=CCC2)c1. The first-order valence-corrected chi connectivity index (χ1v) is 8.18. The van der Waals surface area contributed by atoms with Crippen LogP contribution in [0.5, 0.6) is 0 Å². The number of allylic oxidation sites excluding steroid dienone is 2. The molecule has 114 valence electrons. The van der Waals surface area contributed by atoms with Crippen molar-refractivity contribution in [3.05, 3.63) is 30.1 Å². The number of aryl methyl sites for hydroxylation is 1. The first-order chi connectivity index (χ1) is 10.2. The highest BCUT2D eigenvalue weighted by Gasteiger charge is 2.31. The summed E-state index contributed by atoms with van der Waals surface area (Å²) in [4.78, 5) is 15.0. The van der Waals surface area contributed by atoms with Gasteiger partial charge in [0.1, 0.15) is 0 Å². The number of piperidine rings is 1. The first kappa shape index (κ1) is 14.4. The maximum atomic E-state index is 12.8. The van der Waals surface area contributed by atoms with Gasteiger partial charge < -0.3 is 4.90 Å². The van der Waals surface area contributed by atoms with Crippen molar-refractivity contribution in [1.82, 2.24) is 14.7 Å². The highest BCUT2D eigenvalue weighted by atomic mass is 16.2. The monoisotopic (exact) mass is 287 g/mol. The highest BCUT2D eigenvalue weighted by molar-refractivity contribution is 5.79. The van der Waals surface area contributed by atoms with Crippen LogP contribution in [0, 0.1) is 12.8 Å². The van der Waals surface area contributed by atoms with Crippen molar-refractivity contribution in [2.45, 2.75) is 58.0 Å². The van der Waals surface area contributed by atoms with Gasteiger partial charge in [-0.1, -0.05) is 12.2 Å². The number of likely N-dealkylation sites (tertiary alicyclic amines) is 1. The molecule has 2 atom stereocenters. The first-order valence-electron chi connectivity index (χ1n) is 8.18. The van der Waals surface area contributed by atoms with Crippen molar-refractivity contribution in [1.29, 1.82) is 0 Å². The molecule has 2 aliphatic rings. The molecule has 0 saturated carbocycles. The van der Waals surface area contributed by atoms with Gasteiger partial charge in [0.05, 0.1) is 18.8 Å². The number of hydrogen-bond donors (Lipinski definition) is 0. The van der Waals surface area contributed by atoms with Crippen LogP contribution in [0.3, 0.4) is 0 Å². The third-order valence-electron chi connectivity index (χ3n) is 4.69. The van der Waals surface area contributed by atoms with Crippen LogP contribution in [0.1, 0.15) is 44.1 Å². The van der Waals surface area contributed by atoms with Gasteiger partial charge in [-0.15, -0.1) is 0 Å². The van der Waals surface area contributed by atoms with Gasteiger partial charge in [-0.2, -0.15) is 5.10 Å². The molecular weight excluding hydrogens is 262 g/mol. The Balaban J connectivity index is 1.68. The zero-order valence-corrected chi connectivity index (χ0v) is 12.9. The summed E-state index contributed by atoms with van der Waals surface area (Å²) in [6.07, 6.45) is 14.8. The van der Waals surface area contributed by atoms with E-state index in [0.717, 1.165) is 45.2 Å². The molecule has 0 spiro atoms. The quantitative estimate of drug-likeness (QED) is 0.802. The van der Waals surface area contributed by atoms with E-state index in [4.69, 9.17) is 0 Å². The fourth-order valence-corrected chi connectivity index (χ4v) is 3.52. The second-order valence-electron chi connectivity index (χ2n) is 6.40. The number of nitrogens with zero attached hydrogens (tertiary/aromatic N) is 3. The van der Waals surface area contributed by atoms with Crippen LogP contribution >= 0.6 is 0 Å². The van der Waals surface area contributed by atoms with Crippen LogP contribution in [0.4, 0.5) is 0 Å². The minimum Gasteiger partial charge on any atom is -0.338 e. The fraction of sp³-hybridized carbons (Fsp3) is 0.647. The molecule has 1 aliphatic heterocycles. The lowest BCUT2D eigenvalue weighted by Crippen LogP contribution is -2.48. The molecule has 1 fully saturated rings. The molecule has 1 saturated heterocycles. The Labute approximate surface area is 126 Å². The highest BCUT2D eigenvalue weighted by Crippen LogP contribution is 2.26. The standard InChI is InChI=1S/C17H25N3O/c1-14-11-18-19(12-14)13-16-9-5-6-10-20(16)17(21)15-7-3-2-4-8-15/h2-3,11-12,15-16H,4-10,13H2,1H3/t15-,16+/m1/s1. The predicted octanol–water partition coefficient (Wildman–Crippen LogP) is 2.93. The Kier molecular flexibility index (Phi) is 4.42. The van der Waals surface area contributed by atoms with Crippen molar-refractivity contribution in [3.8, 4) is 0 Å². The Bertz CT molecular complexity index is 520. The smallest absolute Gasteiger partial charge is 0.226 e. The van der Waals surface area contributed by atoms with Crippen LogP contribution < -0.4 is 0 Å². The molecule has 1 aliphatic carbocycles. The molecule has 0 bridgehead atoms. The van der Waals surface area contributed by atoms with Gasteiger partial charge in [0, 0.05) is 18.7 Å². The Morgan fingerprint density at radius 1 is 1.33 bits per heavy atom. The van der Waals surface area contributed by atoms with Crippen LogP contribution in [-0.4, -0.2) is 33.2 Å². The predicted molar refractivity (Wildman–Crippen MR) is 82.8 cm³/mol. The molecule has 1 amide bonds. The lowest BCUT2D eigenvalue weighted by molar-refractivity contribution is -0.140. The zero-order chi connectivity index (χ0) is 14.7. The molecule has 0 unspecified atom stereocenters. The number of rotatable bonds is 3. The van der Waals surface area contributed by atoms with Crippen molar-refractivity contribution >= 4 is 5.91 Å². The normalized spacial score (nSPS) is 26.0. The fourth-order valence-electron chi connectivity index (χ4n) is 3.52. The number of aromatic nitrogens is 2. The largest absolute Gasteiger partial charge is 0.338 e. The van der Waals surface area contributed by atoms with Crippen LogP contribution in [0.15, 0.2) is 24.5 Å². The minimum atomic E-state index is 0.204. The van der Waals surface area contributed by atoms with Gasteiger partial charge >= 0.3 is 0 Å². The third kappa shape index (κ3) is 3.36. The lowest BCUT2D eigenvalue weighted by atomic mass is 9.91. The van der Waals surface area contributed by atoms with E-state index in [1.807, 2.05) is 10.9 Å². The Hall–Kier alpha value is -1.58. The van der Waals surface area contributed by atoms with Crippen molar-refractivity contribution < 1.29 is 4.79 Å². The summed E-state index contributed by atoms with van der Waals surface area (Å²) in [6.45, 7) is 3.81. The summed E-state index contributed by atoms with van der Waals surface area (Å²) in [6, 6.07) is 0.316. The van der Waals surface area contributed by atoms with E-state index >= 15 is 0 Å². The second kappa shape index (κ2) is 6.46. The minimum absolute atomic E-state index is 0.204. The third-order valence-corrected chi connectivity index (χ3v) is 4.69. The molecule has 21 heavy (non-hydrogen) atoms. The van der Waals surface area contributed by atoms with Crippen LogP contribution in [0.2, 0.25) is 0 Å². The van der Waals surface area contributed by atoms with Gasteiger partial charge in [-0.25, -0.2) is 0 Å². The average Bonchev–Trinajstić information content (AvgIpc) is 2.93. The van der Waals surface area contributed by atoms with E-state index in [-0.39, 0.29) is 5.92 Å². The Morgan fingerprint density at radius 2 is 2.24 bits per heavy atom. The molecule has 1 aromatic heterocycles. The summed E-state index contributed by atoms with van der Waals surface area (Å²) in [5.74, 6) is 0.572. The van der Waals surface area contributed by atoms with Crippen molar-refractivity contribution in [2.75, 3.05) is 6.54 Å². The molecule has 4 heteroatoms. The zero-order valence-electron chi connectivity index (χ0n) is 12.9. The number of amides is 1. The van der Waals surface area contributed by atoms with E-state index in [0.29, 0.717) is 11.9 Å². The number of carbonyl (C=O) groups is 1. The molecule has 0 aromatic carbocycles. The number of hydrogen-bond acceptors (Lipinski definition) is 2. The molecule has 3 rings (SSSR count). The van der Waals surface area contributed by atoms with Crippen molar-refractivity contribution in [3.63, 3.8) is 0 Å². The van der Waals surface area contributed by atoms with Crippen LogP contribution in [-0.2, 0) is 11.3 Å². The second-order valence-corrected chi connectivity index (χ2v) is 6.40. The average molecular weight is 287 g/mol. The summed E-state index contributed by atoms with van der Waals surface area (Å²) in [7, 11) is 0. The Morgan fingerprint density at radius 3 is 2.95 bits per heavy atom. The lowest BCUT2D eigenvalue weighted by Gasteiger charge is -2.38. The van der Waals surface area contributed by atoms with E-state index in [1.54, 1.807) is 0 Å². The molecule has 0 radical (unpaired) electrons. The molecule has 0 N–H and O–H groups in total. The van der Waals surface area contributed by atoms with Gasteiger partial charge in [-0.3, -0.25) is 9.48 Å². The van der Waals surface area contributed by atoms with E-state index in [9.17, 15) is 4.79 Å². The summed E-state index contributed by atoms with van der Waals surface area (Å²) in [5.41, 5.74) is 1.18.